The van der Waals surface area contributed by atoms with Crippen molar-refractivity contribution in [1.82, 2.24) is 9.97 Å². The predicted molar refractivity (Wildman–Crippen MR) is 71.4 cm³/mol. The average Bonchev–Trinajstić information content (AvgIpc) is 2.39. The molecule has 1 aromatic carbocycles. The summed E-state index contributed by atoms with van der Waals surface area (Å²) in [7, 11) is 1.64. The second-order valence-corrected chi connectivity index (χ2v) is 4.33. The lowest BCUT2D eigenvalue weighted by Gasteiger charge is -2.06. The van der Waals surface area contributed by atoms with Crippen molar-refractivity contribution >= 4 is 0 Å². The zero-order chi connectivity index (χ0) is 13.0. The summed E-state index contributed by atoms with van der Waals surface area (Å²) in [5, 5.41) is 0. The van der Waals surface area contributed by atoms with Crippen LogP contribution < -0.4 is 10.5 Å². The van der Waals surface area contributed by atoms with Crippen LogP contribution in [0.2, 0.25) is 0 Å². The molecule has 4 heteroatoms. The van der Waals surface area contributed by atoms with E-state index in [1.165, 1.54) is 0 Å². The quantitative estimate of drug-likeness (QED) is 0.892. The fraction of sp³-hybridized carbons (Fsp3) is 0.286. The van der Waals surface area contributed by atoms with Crippen molar-refractivity contribution in [2.24, 2.45) is 5.73 Å². The molecule has 0 aliphatic carbocycles. The number of hydrogen-bond acceptors (Lipinski definition) is 4. The summed E-state index contributed by atoms with van der Waals surface area (Å²) in [5.74, 6) is 1.50. The van der Waals surface area contributed by atoms with E-state index in [1.54, 1.807) is 7.11 Å². The highest BCUT2D eigenvalue weighted by molar-refractivity contribution is 5.57. The summed E-state index contributed by atoms with van der Waals surface area (Å²) in [4.78, 5) is 8.71. The van der Waals surface area contributed by atoms with Crippen molar-refractivity contribution in [1.29, 1.82) is 0 Å². The van der Waals surface area contributed by atoms with E-state index in [0.717, 1.165) is 23.3 Å². The predicted octanol–water partition coefficient (Wildman–Crippen LogP) is 2.04. The Bertz CT molecular complexity index is 509. The molecule has 2 N–H and O–H groups in total. The van der Waals surface area contributed by atoms with E-state index in [1.807, 2.05) is 43.6 Å². The Morgan fingerprint density at radius 1 is 1.28 bits per heavy atom. The molecule has 0 radical (unpaired) electrons. The van der Waals surface area contributed by atoms with E-state index in [4.69, 9.17) is 10.5 Å². The highest BCUT2D eigenvalue weighted by Crippen LogP contribution is 2.20. The zero-order valence-corrected chi connectivity index (χ0v) is 10.6. The molecular weight excluding hydrogens is 226 g/mol. The molecule has 0 saturated carbocycles. The maximum absolute atomic E-state index is 5.74. The minimum atomic E-state index is 0.122. The van der Waals surface area contributed by atoms with Crippen molar-refractivity contribution < 1.29 is 4.74 Å². The van der Waals surface area contributed by atoms with Gasteiger partial charge in [-0.25, -0.2) is 9.97 Å². The first-order valence-corrected chi connectivity index (χ1v) is 5.90. The molecule has 4 nitrogen and oxygen atoms in total. The van der Waals surface area contributed by atoms with E-state index < -0.39 is 0 Å². The molecule has 1 aromatic heterocycles. The summed E-state index contributed by atoms with van der Waals surface area (Å²) >= 11 is 0. The molecule has 1 heterocycles. The number of benzene rings is 1. The number of rotatable bonds is 4. The van der Waals surface area contributed by atoms with Crippen molar-refractivity contribution in [2.45, 2.75) is 19.4 Å². The third-order valence-electron chi connectivity index (χ3n) is 2.59. The Morgan fingerprint density at radius 2 is 2.00 bits per heavy atom. The second kappa shape index (κ2) is 5.60. The van der Waals surface area contributed by atoms with Crippen LogP contribution in [0.15, 0.2) is 36.7 Å². The normalized spacial score (nSPS) is 12.2. The zero-order valence-electron chi connectivity index (χ0n) is 10.6. The van der Waals surface area contributed by atoms with Gasteiger partial charge in [0.1, 0.15) is 5.75 Å². The third-order valence-corrected chi connectivity index (χ3v) is 2.59. The lowest BCUT2D eigenvalue weighted by Crippen LogP contribution is -2.18. The van der Waals surface area contributed by atoms with E-state index in [-0.39, 0.29) is 6.04 Å². The van der Waals surface area contributed by atoms with Crippen molar-refractivity contribution in [3.63, 3.8) is 0 Å². The Morgan fingerprint density at radius 3 is 2.61 bits per heavy atom. The van der Waals surface area contributed by atoms with Gasteiger partial charge in [0.05, 0.1) is 7.11 Å². The van der Waals surface area contributed by atoms with Crippen molar-refractivity contribution in [2.75, 3.05) is 7.11 Å². The molecule has 0 fully saturated rings. The molecule has 2 aromatic rings. The summed E-state index contributed by atoms with van der Waals surface area (Å²) in [6, 6.07) is 7.82. The summed E-state index contributed by atoms with van der Waals surface area (Å²) in [6.07, 6.45) is 4.44. The van der Waals surface area contributed by atoms with Gasteiger partial charge in [-0.1, -0.05) is 12.1 Å². The van der Waals surface area contributed by atoms with Crippen LogP contribution in [0.3, 0.4) is 0 Å². The Hall–Kier alpha value is -1.94. The van der Waals surface area contributed by atoms with Crippen LogP contribution >= 0.6 is 0 Å². The Kier molecular flexibility index (Phi) is 3.89. The van der Waals surface area contributed by atoms with Gasteiger partial charge in [-0.15, -0.1) is 0 Å². The molecule has 0 bridgehead atoms. The Labute approximate surface area is 107 Å². The number of nitrogens with two attached hydrogens (primary N) is 1. The molecule has 0 aliphatic rings. The maximum atomic E-state index is 5.74. The molecule has 0 spiro atoms. The van der Waals surface area contributed by atoms with Crippen LogP contribution in [-0.2, 0) is 6.42 Å². The van der Waals surface area contributed by atoms with Crippen molar-refractivity contribution in [3.05, 3.63) is 42.2 Å². The first-order valence-electron chi connectivity index (χ1n) is 5.90. The van der Waals surface area contributed by atoms with Gasteiger partial charge >= 0.3 is 0 Å². The van der Waals surface area contributed by atoms with Gasteiger partial charge in [-0.05, 0) is 31.0 Å². The SMILES string of the molecule is COc1cccc(-c2ncc(CC(C)N)cn2)c1. The highest BCUT2D eigenvalue weighted by atomic mass is 16.5. The average molecular weight is 243 g/mol. The maximum Gasteiger partial charge on any atom is 0.159 e. The molecule has 0 saturated heterocycles. The van der Waals surface area contributed by atoms with E-state index in [0.29, 0.717) is 5.82 Å². The van der Waals surface area contributed by atoms with Gasteiger partial charge in [-0.3, -0.25) is 0 Å². The fourth-order valence-electron chi connectivity index (χ4n) is 1.74. The number of ether oxygens (including phenoxy) is 1. The fourth-order valence-corrected chi connectivity index (χ4v) is 1.74. The van der Waals surface area contributed by atoms with Crippen LogP contribution in [-0.4, -0.2) is 23.1 Å². The molecule has 1 unspecified atom stereocenters. The molecule has 0 amide bonds. The van der Waals surface area contributed by atoms with E-state index in [2.05, 4.69) is 9.97 Å². The summed E-state index contributed by atoms with van der Waals surface area (Å²) < 4.78 is 5.18. The van der Waals surface area contributed by atoms with Gasteiger partial charge in [0.25, 0.3) is 0 Å². The lowest BCUT2D eigenvalue weighted by atomic mass is 10.1. The molecule has 18 heavy (non-hydrogen) atoms. The minimum Gasteiger partial charge on any atom is -0.497 e. The molecular formula is C14H17N3O. The first kappa shape index (κ1) is 12.5. The van der Waals surface area contributed by atoms with Gasteiger partial charge in [0.2, 0.25) is 0 Å². The van der Waals surface area contributed by atoms with E-state index >= 15 is 0 Å². The minimum absolute atomic E-state index is 0.122. The first-order chi connectivity index (χ1) is 8.69. The van der Waals surface area contributed by atoms with Crippen LogP contribution in [0.4, 0.5) is 0 Å². The van der Waals surface area contributed by atoms with Crippen LogP contribution in [0, 0.1) is 0 Å². The van der Waals surface area contributed by atoms with Gasteiger partial charge in [-0.2, -0.15) is 0 Å². The monoisotopic (exact) mass is 243 g/mol. The second-order valence-electron chi connectivity index (χ2n) is 4.33. The van der Waals surface area contributed by atoms with Crippen LogP contribution in [0.1, 0.15) is 12.5 Å². The number of methoxy groups -OCH3 is 1. The standard InChI is InChI=1S/C14H17N3O/c1-10(15)6-11-8-16-14(17-9-11)12-4-3-5-13(7-12)18-2/h3-5,7-10H,6,15H2,1-2H3. The smallest absolute Gasteiger partial charge is 0.159 e. The molecule has 0 aliphatic heterocycles. The number of aromatic nitrogens is 2. The number of nitrogens with zero attached hydrogens (tertiary/aromatic N) is 2. The van der Waals surface area contributed by atoms with Gasteiger partial charge in [0, 0.05) is 24.0 Å². The highest BCUT2D eigenvalue weighted by Gasteiger charge is 2.04. The lowest BCUT2D eigenvalue weighted by molar-refractivity contribution is 0.415. The molecule has 2 rings (SSSR count). The van der Waals surface area contributed by atoms with Crippen molar-refractivity contribution in [3.8, 4) is 17.1 Å². The topological polar surface area (TPSA) is 61.0 Å². The van der Waals surface area contributed by atoms with Gasteiger partial charge in [0.15, 0.2) is 5.82 Å². The largest absolute Gasteiger partial charge is 0.497 e. The molecule has 1 atom stereocenters. The van der Waals surface area contributed by atoms with Gasteiger partial charge < -0.3 is 10.5 Å². The Balaban J connectivity index is 2.22. The summed E-state index contributed by atoms with van der Waals surface area (Å²) in [5.41, 5.74) is 7.74. The number of hydrogen-bond donors (Lipinski definition) is 1. The van der Waals surface area contributed by atoms with Crippen LogP contribution in [0.5, 0.6) is 5.75 Å². The van der Waals surface area contributed by atoms with Crippen LogP contribution in [0.25, 0.3) is 11.4 Å². The third kappa shape index (κ3) is 3.05. The van der Waals surface area contributed by atoms with E-state index in [9.17, 15) is 0 Å². The summed E-state index contributed by atoms with van der Waals surface area (Å²) in [6.45, 7) is 1.97. The molecule has 94 valence electrons.